The summed E-state index contributed by atoms with van der Waals surface area (Å²) in [5.41, 5.74) is 0. The zero-order valence-electron chi connectivity index (χ0n) is 13.1. The van der Waals surface area contributed by atoms with E-state index < -0.39 is 6.10 Å². The topological polar surface area (TPSA) is 56.9 Å². The Labute approximate surface area is 131 Å². The third-order valence-electron chi connectivity index (χ3n) is 4.94. The molecular weight excluding hydrogens is 280 g/mol. The second kappa shape index (κ2) is 7.29. The van der Waals surface area contributed by atoms with E-state index in [4.69, 9.17) is 4.42 Å². The molecule has 122 valence electrons. The van der Waals surface area contributed by atoms with Crippen LogP contribution in [-0.4, -0.2) is 53.5 Å². The number of aliphatic hydroxyl groups is 1. The van der Waals surface area contributed by atoms with Crippen LogP contribution in [0.25, 0.3) is 0 Å². The van der Waals surface area contributed by atoms with Gasteiger partial charge in [-0.05, 0) is 25.0 Å². The number of aliphatic hydroxyl groups excluding tert-OH is 1. The Hall–Kier alpha value is -1.33. The summed E-state index contributed by atoms with van der Waals surface area (Å²) in [7, 11) is 0. The van der Waals surface area contributed by atoms with Crippen molar-refractivity contribution in [3.63, 3.8) is 0 Å². The lowest BCUT2D eigenvalue weighted by molar-refractivity contribution is -0.138. The highest BCUT2D eigenvalue weighted by Gasteiger charge is 2.29. The molecule has 2 heterocycles. The van der Waals surface area contributed by atoms with Crippen LogP contribution in [0.5, 0.6) is 0 Å². The van der Waals surface area contributed by atoms with Gasteiger partial charge in [-0.15, -0.1) is 0 Å². The molecule has 22 heavy (non-hydrogen) atoms. The number of rotatable bonds is 4. The lowest BCUT2D eigenvalue weighted by Gasteiger charge is -2.37. The molecule has 1 atom stereocenters. The fourth-order valence-electron chi connectivity index (χ4n) is 3.57. The third kappa shape index (κ3) is 3.70. The number of piperazine rings is 1. The molecule has 0 bridgehead atoms. The van der Waals surface area contributed by atoms with Gasteiger partial charge in [-0.1, -0.05) is 19.3 Å². The van der Waals surface area contributed by atoms with Gasteiger partial charge in [-0.2, -0.15) is 0 Å². The summed E-state index contributed by atoms with van der Waals surface area (Å²) >= 11 is 0. The first-order chi connectivity index (χ1) is 10.7. The van der Waals surface area contributed by atoms with Crippen LogP contribution in [-0.2, 0) is 4.79 Å². The summed E-state index contributed by atoms with van der Waals surface area (Å²) in [5, 5.41) is 10.1. The van der Waals surface area contributed by atoms with E-state index in [1.807, 2.05) is 4.90 Å². The van der Waals surface area contributed by atoms with E-state index >= 15 is 0 Å². The van der Waals surface area contributed by atoms with Crippen molar-refractivity contribution in [2.24, 2.45) is 5.92 Å². The molecule has 5 heteroatoms. The van der Waals surface area contributed by atoms with E-state index in [0.717, 1.165) is 39.0 Å². The van der Waals surface area contributed by atoms with Crippen LogP contribution in [0.4, 0.5) is 0 Å². The average Bonchev–Trinajstić information content (AvgIpc) is 3.10. The van der Waals surface area contributed by atoms with Crippen molar-refractivity contribution < 1.29 is 14.3 Å². The molecule has 0 spiro atoms. The first-order valence-corrected chi connectivity index (χ1v) is 8.46. The number of furan rings is 1. The summed E-state index contributed by atoms with van der Waals surface area (Å²) in [4.78, 5) is 16.7. The van der Waals surface area contributed by atoms with Gasteiger partial charge in [-0.3, -0.25) is 9.69 Å². The maximum Gasteiger partial charge on any atom is 0.225 e. The van der Waals surface area contributed by atoms with Crippen LogP contribution < -0.4 is 0 Å². The monoisotopic (exact) mass is 306 g/mol. The van der Waals surface area contributed by atoms with E-state index in [0.29, 0.717) is 18.2 Å². The Morgan fingerprint density at radius 2 is 1.95 bits per heavy atom. The highest BCUT2D eigenvalue weighted by molar-refractivity contribution is 5.79. The number of carbonyl (C=O) groups excluding carboxylic acids is 1. The first kappa shape index (κ1) is 15.6. The van der Waals surface area contributed by atoms with E-state index in [-0.39, 0.29) is 5.92 Å². The zero-order chi connectivity index (χ0) is 15.4. The Balaban J connectivity index is 1.44. The van der Waals surface area contributed by atoms with Crippen LogP contribution in [0.1, 0.15) is 44.0 Å². The van der Waals surface area contributed by atoms with Crippen molar-refractivity contribution in [2.45, 2.75) is 38.2 Å². The van der Waals surface area contributed by atoms with Crippen LogP contribution in [0.3, 0.4) is 0 Å². The molecule has 0 aromatic carbocycles. The zero-order valence-corrected chi connectivity index (χ0v) is 13.1. The lowest BCUT2D eigenvalue weighted by atomic mass is 9.88. The molecule has 5 nitrogen and oxygen atoms in total. The van der Waals surface area contributed by atoms with E-state index in [9.17, 15) is 9.90 Å². The average molecular weight is 306 g/mol. The minimum absolute atomic E-state index is 0.258. The molecule has 0 unspecified atom stereocenters. The predicted octanol–water partition coefficient (Wildman–Crippen LogP) is 2.04. The second-order valence-corrected chi connectivity index (χ2v) is 6.49. The maximum absolute atomic E-state index is 12.5. The Bertz CT molecular complexity index is 460. The molecule has 1 aliphatic heterocycles. The molecule has 1 aromatic rings. The van der Waals surface area contributed by atoms with Crippen LogP contribution in [0, 0.1) is 5.92 Å². The van der Waals surface area contributed by atoms with Crippen LogP contribution in [0.15, 0.2) is 22.8 Å². The maximum atomic E-state index is 12.5. The quantitative estimate of drug-likeness (QED) is 0.925. The van der Waals surface area contributed by atoms with Crippen molar-refractivity contribution in [2.75, 3.05) is 32.7 Å². The number of carbonyl (C=O) groups is 1. The Kier molecular flexibility index (Phi) is 5.16. The summed E-state index contributed by atoms with van der Waals surface area (Å²) in [6.45, 7) is 3.78. The molecule has 2 fully saturated rings. The van der Waals surface area contributed by atoms with Gasteiger partial charge >= 0.3 is 0 Å². The van der Waals surface area contributed by atoms with Gasteiger partial charge in [0.15, 0.2) is 0 Å². The predicted molar refractivity (Wildman–Crippen MR) is 83.3 cm³/mol. The van der Waals surface area contributed by atoms with Crippen molar-refractivity contribution >= 4 is 5.91 Å². The fourth-order valence-corrected chi connectivity index (χ4v) is 3.57. The number of amides is 1. The summed E-state index contributed by atoms with van der Waals surface area (Å²) in [6.07, 6.45) is 6.81. The summed E-state index contributed by atoms with van der Waals surface area (Å²) in [5.74, 6) is 1.22. The van der Waals surface area contributed by atoms with Gasteiger partial charge in [0.2, 0.25) is 5.91 Å². The van der Waals surface area contributed by atoms with E-state index in [2.05, 4.69) is 4.90 Å². The Morgan fingerprint density at radius 1 is 1.23 bits per heavy atom. The van der Waals surface area contributed by atoms with Crippen LogP contribution >= 0.6 is 0 Å². The SMILES string of the molecule is O=C(C1CCCCC1)N1CCN(C[C@H](O)c2ccco2)CC1. The molecule has 2 aliphatic rings. The number of hydrogen-bond acceptors (Lipinski definition) is 4. The fraction of sp³-hybridized carbons (Fsp3) is 0.706. The highest BCUT2D eigenvalue weighted by Crippen LogP contribution is 2.26. The number of β-amino-alcohol motifs (C(OH)–C–C–N with tert-alkyl or cyclic N) is 1. The molecule has 0 radical (unpaired) electrons. The van der Waals surface area contributed by atoms with Crippen molar-refractivity contribution in [1.29, 1.82) is 0 Å². The number of hydrogen-bond donors (Lipinski definition) is 1. The molecule has 1 saturated carbocycles. The van der Waals surface area contributed by atoms with Gasteiger partial charge in [0, 0.05) is 38.6 Å². The second-order valence-electron chi connectivity index (χ2n) is 6.49. The van der Waals surface area contributed by atoms with Crippen molar-refractivity contribution in [3.8, 4) is 0 Å². The van der Waals surface area contributed by atoms with E-state index in [1.165, 1.54) is 19.3 Å². The van der Waals surface area contributed by atoms with E-state index in [1.54, 1.807) is 18.4 Å². The Morgan fingerprint density at radius 3 is 2.59 bits per heavy atom. The molecule has 3 rings (SSSR count). The molecule has 1 aromatic heterocycles. The smallest absolute Gasteiger partial charge is 0.225 e. The van der Waals surface area contributed by atoms with Crippen molar-refractivity contribution in [3.05, 3.63) is 24.2 Å². The summed E-state index contributed by atoms with van der Waals surface area (Å²) in [6, 6.07) is 3.59. The molecular formula is C17H26N2O3. The van der Waals surface area contributed by atoms with Gasteiger partial charge in [0.25, 0.3) is 0 Å². The minimum atomic E-state index is -0.587. The molecule has 1 saturated heterocycles. The standard InChI is InChI=1S/C17H26N2O3/c20-15(16-7-4-12-22-16)13-18-8-10-19(11-9-18)17(21)14-5-2-1-3-6-14/h4,7,12,14-15,20H,1-3,5-6,8-11,13H2/t15-/m0/s1. The summed E-state index contributed by atoms with van der Waals surface area (Å²) < 4.78 is 5.23. The molecule has 1 amide bonds. The van der Waals surface area contributed by atoms with Gasteiger partial charge in [0.05, 0.1) is 6.26 Å². The van der Waals surface area contributed by atoms with Gasteiger partial charge in [-0.25, -0.2) is 0 Å². The molecule has 1 N–H and O–H groups in total. The largest absolute Gasteiger partial charge is 0.467 e. The first-order valence-electron chi connectivity index (χ1n) is 8.46. The minimum Gasteiger partial charge on any atom is -0.467 e. The van der Waals surface area contributed by atoms with Gasteiger partial charge < -0.3 is 14.4 Å². The van der Waals surface area contributed by atoms with Gasteiger partial charge in [0.1, 0.15) is 11.9 Å². The highest BCUT2D eigenvalue weighted by atomic mass is 16.4. The van der Waals surface area contributed by atoms with Crippen LogP contribution in [0.2, 0.25) is 0 Å². The normalized spacial score (nSPS) is 22.7. The lowest BCUT2D eigenvalue weighted by Crippen LogP contribution is -2.51. The van der Waals surface area contributed by atoms with Crippen molar-refractivity contribution in [1.82, 2.24) is 9.80 Å². The number of nitrogens with zero attached hydrogens (tertiary/aromatic N) is 2. The molecule has 1 aliphatic carbocycles. The third-order valence-corrected chi connectivity index (χ3v) is 4.94.